The van der Waals surface area contributed by atoms with Gasteiger partial charge in [0.05, 0.1) is 12.6 Å². The number of ketones is 1. The predicted octanol–water partition coefficient (Wildman–Crippen LogP) is 4.03. The molecule has 0 aliphatic carbocycles. The second kappa shape index (κ2) is 6.48. The van der Waals surface area contributed by atoms with Crippen LogP contribution in [0, 0.1) is 0 Å². The topological polar surface area (TPSA) is 48.4 Å². The highest BCUT2D eigenvalue weighted by Crippen LogP contribution is 2.27. The molecule has 0 aliphatic heterocycles. The zero-order valence-corrected chi connectivity index (χ0v) is 13.1. The molecule has 23 heavy (non-hydrogen) atoms. The summed E-state index contributed by atoms with van der Waals surface area (Å²) in [6.07, 6.45) is 0. The van der Waals surface area contributed by atoms with Crippen molar-refractivity contribution in [2.75, 3.05) is 7.11 Å². The van der Waals surface area contributed by atoms with Crippen LogP contribution in [0.2, 0.25) is 0 Å². The average molecular weight is 307 g/mol. The number of benzene rings is 2. The van der Waals surface area contributed by atoms with E-state index in [4.69, 9.17) is 9.47 Å². The molecule has 3 aromatic rings. The molecule has 0 fully saturated rings. The zero-order valence-electron chi connectivity index (χ0n) is 13.1. The second-order valence-corrected chi connectivity index (χ2v) is 5.22. The number of ether oxygens (including phenoxy) is 2. The van der Waals surface area contributed by atoms with Gasteiger partial charge in [-0.1, -0.05) is 30.3 Å². The summed E-state index contributed by atoms with van der Waals surface area (Å²) < 4.78 is 11.1. The number of methoxy groups -OCH3 is 1. The molecule has 0 spiro atoms. The standard InChI is InChI=1S/C19H17NO3/c1-13(21)19-18(23-12-14-6-4-3-5-7-14)11-15-10-16(22-2)8-9-17(15)20-19/h3-11H,12H2,1-2H3. The van der Waals surface area contributed by atoms with Crippen LogP contribution in [0.4, 0.5) is 0 Å². The van der Waals surface area contributed by atoms with E-state index >= 15 is 0 Å². The van der Waals surface area contributed by atoms with E-state index in [9.17, 15) is 4.79 Å². The Morgan fingerprint density at radius 2 is 1.87 bits per heavy atom. The minimum absolute atomic E-state index is 0.120. The minimum atomic E-state index is -0.120. The van der Waals surface area contributed by atoms with Gasteiger partial charge >= 0.3 is 0 Å². The van der Waals surface area contributed by atoms with Gasteiger partial charge in [-0.2, -0.15) is 0 Å². The molecule has 1 aromatic heterocycles. The van der Waals surface area contributed by atoms with Crippen molar-refractivity contribution < 1.29 is 14.3 Å². The molecule has 2 aromatic carbocycles. The Kier molecular flexibility index (Phi) is 4.24. The molecular weight excluding hydrogens is 290 g/mol. The third-order valence-corrected chi connectivity index (χ3v) is 3.56. The summed E-state index contributed by atoms with van der Waals surface area (Å²) in [4.78, 5) is 16.3. The molecule has 0 N–H and O–H groups in total. The molecule has 1 heterocycles. The van der Waals surface area contributed by atoms with E-state index < -0.39 is 0 Å². The maximum Gasteiger partial charge on any atom is 0.181 e. The molecule has 0 amide bonds. The van der Waals surface area contributed by atoms with Crippen LogP contribution in [0.25, 0.3) is 10.9 Å². The van der Waals surface area contributed by atoms with Gasteiger partial charge in [-0.05, 0) is 29.8 Å². The van der Waals surface area contributed by atoms with Crippen LogP contribution in [0.5, 0.6) is 11.5 Å². The Bertz CT molecular complexity index is 844. The first kappa shape index (κ1) is 15.0. The maximum absolute atomic E-state index is 11.9. The van der Waals surface area contributed by atoms with Crippen LogP contribution in [-0.2, 0) is 6.61 Å². The average Bonchev–Trinajstić information content (AvgIpc) is 2.59. The molecular formula is C19H17NO3. The Hall–Kier alpha value is -2.88. The van der Waals surface area contributed by atoms with Gasteiger partial charge in [0.25, 0.3) is 0 Å². The summed E-state index contributed by atoms with van der Waals surface area (Å²) in [5.41, 5.74) is 2.12. The fraction of sp³-hybridized carbons (Fsp3) is 0.158. The largest absolute Gasteiger partial charge is 0.497 e. The summed E-state index contributed by atoms with van der Waals surface area (Å²) in [6.45, 7) is 1.88. The molecule has 116 valence electrons. The normalized spacial score (nSPS) is 10.5. The van der Waals surface area contributed by atoms with Crippen LogP contribution in [0.3, 0.4) is 0 Å². The number of carbonyl (C=O) groups excluding carboxylic acids is 1. The molecule has 0 radical (unpaired) electrons. The van der Waals surface area contributed by atoms with Gasteiger partial charge in [0.1, 0.15) is 23.8 Å². The molecule has 4 heteroatoms. The number of fused-ring (bicyclic) bond motifs is 1. The SMILES string of the molecule is COc1ccc2nc(C(C)=O)c(OCc3ccccc3)cc2c1. The van der Waals surface area contributed by atoms with E-state index in [0.29, 0.717) is 18.1 Å². The van der Waals surface area contributed by atoms with Gasteiger partial charge in [-0.25, -0.2) is 4.98 Å². The lowest BCUT2D eigenvalue weighted by Gasteiger charge is -2.11. The molecule has 0 bridgehead atoms. The lowest BCUT2D eigenvalue weighted by atomic mass is 10.1. The number of nitrogens with zero attached hydrogens (tertiary/aromatic N) is 1. The smallest absolute Gasteiger partial charge is 0.181 e. The number of aromatic nitrogens is 1. The fourth-order valence-corrected chi connectivity index (χ4v) is 2.36. The molecule has 0 atom stereocenters. The van der Waals surface area contributed by atoms with E-state index in [0.717, 1.165) is 22.2 Å². The van der Waals surface area contributed by atoms with Crippen molar-refractivity contribution in [1.82, 2.24) is 4.98 Å². The van der Waals surface area contributed by atoms with Gasteiger partial charge < -0.3 is 9.47 Å². The fourth-order valence-electron chi connectivity index (χ4n) is 2.36. The summed E-state index contributed by atoms with van der Waals surface area (Å²) >= 11 is 0. The van der Waals surface area contributed by atoms with Gasteiger partial charge in [0.2, 0.25) is 0 Å². The lowest BCUT2D eigenvalue weighted by Crippen LogP contribution is -2.04. The van der Waals surface area contributed by atoms with Crippen molar-refractivity contribution in [2.24, 2.45) is 0 Å². The first-order valence-electron chi connectivity index (χ1n) is 7.34. The van der Waals surface area contributed by atoms with Gasteiger partial charge in [0.15, 0.2) is 5.78 Å². The number of pyridine rings is 1. The Morgan fingerprint density at radius 1 is 1.09 bits per heavy atom. The second-order valence-electron chi connectivity index (χ2n) is 5.22. The highest BCUT2D eigenvalue weighted by atomic mass is 16.5. The molecule has 3 rings (SSSR count). The molecule has 4 nitrogen and oxygen atoms in total. The molecule has 0 saturated carbocycles. The van der Waals surface area contributed by atoms with Crippen LogP contribution < -0.4 is 9.47 Å². The van der Waals surface area contributed by atoms with Crippen LogP contribution in [0.15, 0.2) is 54.6 Å². The number of carbonyl (C=O) groups is 1. The summed E-state index contributed by atoms with van der Waals surface area (Å²) in [7, 11) is 1.62. The van der Waals surface area contributed by atoms with E-state index in [1.165, 1.54) is 6.92 Å². The van der Waals surface area contributed by atoms with Crippen LogP contribution in [0.1, 0.15) is 23.0 Å². The first-order valence-corrected chi connectivity index (χ1v) is 7.34. The van der Waals surface area contributed by atoms with Crippen molar-refractivity contribution in [1.29, 1.82) is 0 Å². The Morgan fingerprint density at radius 3 is 2.57 bits per heavy atom. The first-order chi connectivity index (χ1) is 11.2. The van der Waals surface area contributed by atoms with E-state index in [2.05, 4.69) is 4.98 Å². The predicted molar refractivity (Wildman–Crippen MR) is 89.1 cm³/mol. The van der Waals surface area contributed by atoms with Crippen molar-refractivity contribution in [3.8, 4) is 11.5 Å². The highest BCUT2D eigenvalue weighted by molar-refractivity contribution is 5.98. The van der Waals surface area contributed by atoms with E-state index in [-0.39, 0.29) is 5.78 Å². The molecule has 0 aliphatic rings. The van der Waals surface area contributed by atoms with Crippen LogP contribution in [-0.4, -0.2) is 17.9 Å². The highest BCUT2D eigenvalue weighted by Gasteiger charge is 2.13. The lowest BCUT2D eigenvalue weighted by molar-refractivity contribution is 0.100. The van der Waals surface area contributed by atoms with Crippen molar-refractivity contribution in [3.05, 3.63) is 65.9 Å². The number of Topliss-reactive ketones (excluding diaryl/α,β-unsaturated/α-hetero) is 1. The third kappa shape index (κ3) is 3.31. The number of hydrogen-bond acceptors (Lipinski definition) is 4. The molecule has 0 saturated heterocycles. The number of rotatable bonds is 5. The van der Waals surface area contributed by atoms with Gasteiger partial charge in [-0.15, -0.1) is 0 Å². The van der Waals surface area contributed by atoms with E-state index in [1.54, 1.807) is 7.11 Å². The summed E-state index contributed by atoms with van der Waals surface area (Å²) in [5.74, 6) is 1.11. The zero-order chi connectivity index (χ0) is 16.2. The van der Waals surface area contributed by atoms with Crippen molar-refractivity contribution in [3.63, 3.8) is 0 Å². The van der Waals surface area contributed by atoms with Crippen molar-refractivity contribution >= 4 is 16.7 Å². The summed E-state index contributed by atoms with van der Waals surface area (Å²) in [6, 6.07) is 17.2. The van der Waals surface area contributed by atoms with E-state index in [1.807, 2.05) is 54.6 Å². The maximum atomic E-state index is 11.9. The Labute approximate surface area is 134 Å². The summed E-state index contributed by atoms with van der Waals surface area (Å²) in [5, 5.41) is 0.873. The van der Waals surface area contributed by atoms with Gasteiger partial charge in [-0.3, -0.25) is 4.79 Å². The van der Waals surface area contributed by atoms with Crippen molar-refractivity contribution in [2.45, 2.75) is 13.5 Å². The molecule has 0 unspecified atom stereocenters. The Balaban J connectivity index is 1.98. The number of hydrogen-bond donors (Lipinski definition) is 0. The monoisotopic (exact) mass is 307 g/mol. The third-order valence-electron chi connectivity index (χ3n) is 3.56. The van der Waals surface area contributed by atoms with Gasteiger partial charge in [0, 0.05) is 12.3 Å². The van der Waals surface area contributed by atoms with Crippen LogP contribution >= 0.6 is 0 Å². The quantitative estimate of drug-likeness (QED) is 0.668. The minimum Gasteiger partial charge on any atom is -0.497 e.